The van der Waals surface area contributed by atoms with Crippen LogP contribution < -0.4 is 10.1 Å². The summed E-state index contributed by atoms with van der Waals surface area (Å²) in [4.78, 5) is 16.1. The van der Waals surface area contributed by atoms with Crippen LogP contribution in [0, 0.1) is 12.3 Å². The van der Waals surface area contributed by atoms with Gasteiger partial charge in [-0.1, -0.05) is 11.6 Å². The van der Waals surface area contributed by atoms with E-state index in [1.165, 1.54) is 13.5 Å². The van der Waals surface area contributed by atoms with Crippen LogP contribution >= 0.6 is 11.6 Å². The topological polar surface area (TPSA) is 64.4 Å². The Labute approximate surface area is 133 Å². The average Bonchev–Trinajstić information content (AvgIpc) is 3.01. The molecular formula is C16H15ClN2O3. The summed E-state index contributed by atoms with van der Waals surface area (Å²) >= 11 is 6.09. The Bertz CT molecular complexity index is 704. The lowest BCUT2D eigenvalue weighted by Gasteiger charge is -2.06. The second-order valence-electron chi connectivity index (χ2n) is 4.44. The molecule has 0 spiro atoms. The normalized spacial score (nSPS) is 10.0. The molecule has 5 nitrogen and oxygen atoms in total. The second kappa shape index (κ2) is 7.53. The predicted molar refractivity (Wildman–Crippen MR) is 83.9 cm³/mol. The largest absolute Gasteiger partial charge is 0.495 e. The summed E-state index contributed by atoms with van der Waals surface area (Å²) in [7, 11) is 1.53. The number of amides is 1. The fourth-order valence-electron chi connectivity index (χ4n) is 1.90. The van der Waals surface area contributed by atoms with Crippen LogP contribution in [0.5, 0.6) is 5.75 Å². The molecule has 0 atom stereocenters. The number of halogens is 1. The van der Waals surface area contributed by atoms with Crippen molar-refractivity contribution < 1.29 is 13.9 Å². The van der Waals surface area contributed by atoms with E-state index in [0.29, 0.717) is 41.5 Å². The number of nitrogens with zero attached hydrogens (tertiary/aromatic N) is 1. The van der Waals surface area contributed by atoms with Crippen molar-refractivity contribution in [3.8, 4) is 29.4 Å². The molecule has 1 heterocycles. The molecule has 1 aromatic heterocycles. The zero-order valence-corrected chi connectivity index (χ0v) is 12.8. The number of nitrogens with one attached hydrogen (secondary N) is 1. The maximum atomic E-state index is 12.1. The highest BCUT2D eigenvalue weighted by Crippen LogP contribution is 2.31. The van der Waals surface area contributed by atoms with Crippen LogP contribution in [0.2, 0.25) is 5.02 Å². The van der Waals surface area contributed by atoms with Crippen molar-refractivity contribution in [2.45, 2.75) is 12.8 Å². The van der Waals surface area contributed by atoms with Gasteiger partial charge in [-0.3, -0.25) is 4.79 Å². The van der Waals surface area contributed by atoms with E-state index in [9.17, 15) is 4.79 Å². The van der Waals surface area contributed by atoms with Crippen molar-refractivity contribution in [2.75, 3.05) is 13.7 Å². The minimum absolute atomic E-state index is 0.210. The fraction of sp³-hybridized carbons (Fsp3) is 0.250. The monoisotopic (exact) mass is 318 g/mol. The molecule has 2 aromatic rings. The number of carbonyl (C=O) groups excluding carboxylic acids is 1. The van der Waals surface area contributed by atoms with Crippen LogP contribution in [0.3, 0.4) is 0 Å². The number of carbonyl (C=O) groups is 1. The van der Waals surface area contributed by atoms with Crippen molar-refractivity contribution in [1.29, 1.82) is 0 Å². The van der Waals surface area contributed by atoms with Crippen LogP contribution in [0.4, 0.5) is 0 Å². The van der Waals surface area contributed by atoms with Gasteiger partial charge in [0.2, 0.25) is 0 Å². The Kier molecular flexibility index (Phi) is 5.45. The number of rotatable bonds is 6. The average molecular weight is 319 g/mol. The SMILES string of the molecule is C#CCCCNC(=O)c1ncoc1-c1ccc(OC)c(Cl)c1. The highest BCUT2D eigenvalue weighted by molar-refractivity contribution is 6.32. The third kappa shape index (κ3) is 3.60. The van der Waals surface area contributed by atoms with Gasteiger partial charge in [0.25, 0.3) is 5.91 Å². The minimum atomic E-state index is -0.312. The van der Waals surface area contributed by atoms with Crippen LogP contribution in [0.1, 0.15) is 23.3 Å². The molecule has 6 heteroatoms. The Morgan fingerprint density at radius 1 is 1.55 bits per heavy atom. The lowest BCUT2D eigenvalue weighted by molar-refractivity contribution is 0.0949. The zero-order chi connectivity index (χ0) is 15.9. The highest BCUT2D eigenvalue weighted by Gasteiger charge is 2.18. The molecule has 0 aliphatic rings. The molecule has 22 heavy (non-hydrogen) atoms. The van der Waals surface area contributed by atoms with Gasteiger partial charge in [-0.25, -0.2) is 4.98 Å². The molecule has 0 saturated carbocycles. The number of terminal acetylenes is 1. The molecule has 2 rings (SSSR count). The van der Waals surface area contributed by atoms with E-state index < -0.39 is 0 Å². The van der Waals surface area contributed by atoms with Crippen molar-refractivity contribution in [1.82, 2.24) is 10.3 Å². The Morgan fingerprint density at radius 2 is 2.36 bits per heavy atom. The Hall–Kier alpha value is -2.45. The molecule has 0 aliphatic carbocycles. The van der Waals surface area contributed by atoms with Crippen molar-refractivity contribution in [3.05, 3.63) is 35.3 Å². The summed E-state index contributed by atoms with van der Waals surface area (Å²) in [5.41, 5.74) is 0.860. The molecule has 1 N–H and O–H groups in total. The van der Waals surface area contributed by atoms with Gasteiger partial charge in [-0.2, -0.15) is 0 Å². The lowest BCUT2D eigenvalue weighted by atomic mass is 10.1. The van der Waals surface area contributed by atoms with Crippen molar-refractivity contribution >= 4 is 17.5 Å². The summed E-state index contributed by atoms with van der Waals surface area (Å²) in [6.07, 6.45) is 7.71. The maximum absolute atomic E-state index is 12.1. The molecule has 0 aliphatic heterocycles. The molecule has 0 unspecified atom stereocenters. The van der Waals surface area contributed by atoms with Crippen LogP contribution in [0.25, 0.3) is 11.3 Å². The number of oxazole rings is 1. The molecule has 1 amide bonds. The molecule has 0 saturated heterocycles. The van der Waals surface area contributed by atoms with Gasteiger partial charge in [0, 0.05) is 18.5 Å². The zero-order valence-electron chi connectivity index (χ0n) is 12.1. The number of aromatic nitrogens is 1. The van der Waals surface area contributed by atoms with E-state index >= 15 is 0 Å². The number of hydrogen-bond donors (Lipinski definition) is 1. The molecular weight excluding hydrogens is 304 g/mol. The summed E-state index contributed by atoms with van der Waals surface area (Å²) in [6, 6.07) is 5.12. The Balaban J connectivity index is 2.17. The molecule has 0 radical (unpaired) electrons. The van der Waals surface area contributed by atoms with E-state index in [1.54, 1.807) is 18.2 Å². The predicted octanol–water partition coefficient (Wildman–Crippen LogP) is 3.15. The third-order valence-corrected chi connectivity index (χ3v) is 3.28. The van der Waals surface area contributed by atoms with E-state index in [0.717, 1.165) is 0 Å². The lowest BCUT2D eigenvalue weighted by Crippen LogP contribution is -2.25. The van der Waals surface area contributed by atoms with Gasteiger partial charge < -0.3 is 14.5 Å². The van der Waals surface area contributed by atoms with Gasteiger partial charge in [-0.05, 0) is 24.6 Å². The van der Waals surface area contributed by atoms with Gasteiger partial charge >= 0.3 is 0 Å². The first-order valence-electron chi connectivity index (χ1n) is 6.66. The van der Waals surface area contributed by atoms with Crippen molar-refractivity contribution in [3.63, 3.8) is 0 Å². The first-order chi connectivity index (χ1) is 10.7. The van der Waals surface area contributed by atoms with E-state index in [2.05, 4.69) is 16.2 Å². The van der Waals surface area contributed by atoms with Gasteiger partial charge in [0.1, 0.15) is 5.75 Å². The summed E-state index contributed by atoms with van der Waals surface area (Å²) in [5, 5.41) is 3.18. The van der Waals surface area contributed by atoms with Crippen LogP contribution in [-0.4, -0.2) is 24.5 Å². The van der Waals surface area contributed by atoms with Crippen molar-refractivity contribution in [2.24, 2.45) is 0 Å². The van der Waals surface area contributed by atoms with E-state index in [1.807, 2.05) is 0 Å². The Morgan fingerprint density at radius 3 is 3.05 bits per heavy atom. The highest BCUT2D eigenvalue weighted by atomic mass is 35.5. The molecule has 0 fully saturated rings. The van der Waals surface area contributed by atoms with Gasteiger partial charge in [0.05, 0.1) is 12.1 Å². The van der Waals surface area contributed by atoms with Gasteiger partial charge in [-0.15, -0.1) is 12.3 Å². The maximum Gasteiger partial charge on any atom is 0.273 e. The minimum Gasteiger partial charge on any atom is -0.495 e. The third-order valence-electron chi connectivity index (χ3n) is 2.98. The van der Waals surface area contributed by atoms with Crippen LogP contribution in [-0.2, 0) is 0 Å². The fourth-order valence-corrected chi connectivity index (χ4v) is 2.15. The second-order valence-corrected chi connectivity index (χ2v) is 4.85. The smallest absolute Gasteiger partial charge is 0.273 e. The van der Waals surface area contributed by atoms with Gasteiger partial charge in [0.15, 0.2) is 17.8 Å². The quantitative estimate of drug-likeness (QED) is 0.656. The molecule has 114 valence electrons. The number of hydrogen-bond acceptors (Lipinski definition) is 4. The first-order valence-corrected chi connectivity index (χ1v) is 7.04. The molecule has 0 bridgehead atoms. The summed E-state index contributed by atoms with van der Waals surface area (Å²) in [6.45, 7) is 0.485. The summed E-state index contributed by atoms with van der Waals surface area (Å²) < 4.78 is 10.4. The summed E-state index contributed by atoms with van der Waals surface area (Å²) in [5.74, 6) is 3.11. The first kappa shape index (κ1) is 15.9. The van der Waals surface area contributed by atoms with Crippen LogP contribution in [0.15, 0.2) is 29.0 Å². The number of methoxy groups -OCH3 is 1. The number of unbranched alkanes of at least 4 members (excludes halogenated alkanes) is 1. The molecule has 1 aromatic carbocycles. The number of ether oxygens (including phenoxy) is 1. The van der Waals surface area contributed by atoms with E-state index in [-0.39, 0.29) is 11.6 Å². The van der Waals surface area contributed by atoms with E-state index in [4.69, 9.17) is 27.2 Å². The standard InChI is InChI=1S/C16H15ClN2O3/c1-3-4-5-8-18-16(20)14-15(22-10-19-14)11-6-7-13(21-2)12(17)9-11/h1,6-7,9-10H,4-5,8H2,2H3,(H,18,20). The number of benzene rings is 1.